The lowest BCUT2D eigenvalue weighted by molar-refractivity contribution is -0.144. The lowest BCUT2D eigenvalue weighted by Gasteiger charge is -2.29. The highest BCUT2D eigenvalue weighted by Gasteiger charge is 2.51. The Morgan fingerprint density at radius 2 is 1.90 bits per heavy atom. The fraction of sp³-hybridized carbons (Fsp3) is 0.467. The first-order valence-corrected chi connectivity index (χ1v) is 7.65. The highest BCUT2D eigenvalue weighted by atomic mass is 79.9. The van der Waals surface area contributed by atoms with E-state index in [2.05, 4.69) is 21.2 Å². The van der Waals surface area contributed by atoms with Crippen molar-refractivity contribution >= 4 is 27.8 Å². The summed E-state index contributed by atoms with van der Waals surface area (Å²) in [5.41, 5.74) is 0.555. The van der Waals surface area contributed by atoms with Gasteiger partial charge in [0, 0.05) is 10.5 Å². The molecule has 2 fully saturated rings. The number of carbonyl (C=O) groups is 2. The molecule has 4 unspecified atom stereocenters. The molecule has 1 aromatic rings. The largest absolute Gasteiger partial charge is 0.481 e. The van der Waals surface area contributed by atoms with Gasteiger partial charge in [0.15, 0.2) is 0 Å². The zero-order valence-corrected chi connectivity index (χ0v) is 12.5. The maximum absolute atomic E-state index is 12.3. The number of carboxylic acids is 1. The van der Waals surface area contributed by atoms with Crippen molar-refractivity contribution in [3.8, 4) is 0 Å². The van der Waals surface area contributed by atoms with Crippen LogP contribution in [0.3, 0.4) is 0 Å². The zero-order chi connectivity index (χ0) is 14.3. The molecular weight excluding hydrogens is 322 g/mol. The Bertz CT molecular complexity index is 560. The summed E-state index contributed by atoms with van der Waals surface area (Å²) >= 11 is 3.35. The van der Waals surface area contributed by atoms with Crippen LogP contribution in [-0.2, 0) is 4.79 Å². The fourth-order valence-corrected chi connectivity index (χ4v) is 4.19. The summed E-state index contributed by atoms with van der Waals surface area (Å²) in [6.07, 6.45) is 2.93. The predicted molar refractivity (Wildman–Crippen MR) is 77.4 cm³/mol. The van der Waals surface area contributed by atoms with Crippen LogP contribution in [0.4, 0.5) is 0 Å². The molecule has 3 rings (SSSR count). The minimum absolute atomic E-state index is 0.193. The van der Waals surface area contributed by atoms with Crippen LogP contribution in [0.15, 0.2) is 28.7 Å². The van der Waals surface area contributed by atoms with E-state index in [0.29, 0.717) is 11.5 Å². The Morgan fingerprint density at radius 1 is 1.20 bits per heavy atom. The van der Waals surface area contributed by atoms with Crippen LogP contribution >= 0.6 is 15.9 Å². The number of hydrogen-bond acceptors (Lipinski definition) is 2. The summed E-state index contributed by atoms with van der Waals surface area (Å²) < 4.78 is 0.729. The van der Waals surface area contributed by atoms with Crippen molar-refractivity contribution in [2.45, 2.75) is 25.3 Å². The topological polar surface area (TPSA) is 66.4 Å². The third kappa shape index (κ3) is 2.24. The monoisotopic (exact) mass is 337 g/mol. The molecule has 2 aliphatic carbocycles. The Labute approximate surface area is 125 Å². The van der Waals surface area contributed by atoms with E-state index in [4.69, 9.17) is 0 Å². The normalized spacial score (nSPS) is 31.2. The number of carboxylic acid groups (broad SMARTS) is 1. The summed E-state index contributed by atoms with van der Waals surface area (Å²) in [5.74, 6) is -0.870. The standard InChI is InChI=1S/C15H16BrNO3/c16-11-4-2-1-3-10(11)14(18)17-13-9-6-5-8(7-9)12(13)15(19)20/h1-4,8-9,12-13H,5-7H2,(H,17,18)(H,19,20). The molecule has 20 heavy (non-hydrogen) atoms. The lowest BCUT2D eigenvalue weighted by atomic mass is 9.84. The molecule has 1 aromatic carbocycles. The van der Waals surface area contributed by atoms with Crippen molar-refractivity contribution < 1.29 is 14.7 Å². The number of carbonyl (C=O) groups excluding carboxylic acids is 1. The Hall–Kier alpha value is -1.36. The quantitative estimate of drug-likeness (QED) is 0.891. The van der Waals surface area contributed by atoms with Crippen LogP contribution < -0.4 is 5.32 Å². The van der Waals surface area contributed by atoms with E-state index in [-0.39, 0.29) is 17.9 Å². The molecule has 2 N–H and O–H groups in total. The second kappa shape index (κ2) is 5.20. The van der Waals surface area contributed by atoms with Gasteiger partial charge >= 0.3 is 5.97 Å². The average molecular weight is 338 g/mol. The summed E-state index contributed by atoms with van der Waals surface area (Å²) in [5, 5.41) is 12.3. The number of nitrogens with one attached hydrogen (secondary N) is 1. The molecule has 0 aromatic heterocycles. The van der Waals surface area contributed by atoms with Gasteiger partial charge in [-0.2, -0.15) is 0 Å². The van der Waals surface area contributed by atoms with E-state index in [1.54, 1.807) is 12.1 Å². The van der Waals surface area contributed by atoms with Crippen molar-refractivity contribution in [2.24, 2.45) is 17.8 Å². The van der Waals surface area contributed by atoms with Gasteiger partial charge in [-0.3, -0.25) is 9.59 Å². The van der Waals surface area contributed by atoms with Gasteiger partial charge in [0.2, 0.25) is 0 Å². The van der Waals surface area contributed by atoms with Crippen LogP contribution in [0.1, 0.15) is 29.6 Å². The van der Waals surface area contributed by atoms with Crippen molar-refractivity contribution in [2.75, 3.05) is 0 Å². The first-order valence-electron chi connectivity index (χ1n) is 6.86. The Kier molecular flexibility index (Phi) is 3.54. The van der Waals surface area contributed by atoms with Crippen molar-refractivity contribution in [3.05, 3.63) is 34.3 Å². The molecule has 2 bridgehead atoms. The van der Waals surface area contributed by atoms with E-state index in [1.165, 1.54) is 0 Å². The summed E-state index contributed by atoms with van der Waals surface area (Å²) in [6.45, 7) is 0. The first kappa shape index (κ1) is 13.6. The molecule has 0 heterocycles. The number of rotatable bonds is 3. The number of halogens is 1. The van der Waals surface area contributed by atoms with Gasteiger partial charge in [-0.25, -0.2) is 0 Å². The van der Waals surface area contributed by atoms with E-state index < -0.39 is 11.9 Å². The number of aliphatic carboxylic acids is 1. The van der Waals surface area contributed by atoms with Gasteiger partial charge in [-0.1, -0.05) is 12.1 Å². The lowest BCUT2D eigenvalue weighted by Crippen LogP contribution is -2.46. The predicted octanol–water partition coefficient (Wildman–Crippen LogP) is 2.68. The van der Waals surface area contributed by atoms with Gasteiger partial charge in [0.25, 0.3) is 5.91 Å². The minimum atomic E-state index is -0.783. The number of amides is 1. The second-order valence-corrected chi connectivity index (χ2v) is 6.53. The minimum Gasteiger partial charge on any atom is -0.481 e. The van der Waals surface area contributed by atoms with Crippen molar-refractivity contribution in [3.63, 3.8) is 0 Å². The van der Waals surface area contributed by atoms with E-state index >= 15 is 0 Å². The van der Waals surface area contributed by atoms with E-state index in [1.807, 2.05) is 12.1 Å². The second-order valence-electron chi connectivity index (χ2n) is 5.68. The summed E-state index contributed by atoms with van der Waals surface area (Å²) in [7, 11) is 0. The van der Waals surface area contributed by atoms with Gasteiger partial charge < -0.3 is 10.4 Å². The van der Waals surface area contributed by atoms with Crippen LogP contribution in [0.25, 0.3) is 0 Å². The SMILES string of the molecule is O=C(NC1C2CCC(C2)C1C(=O)O)c1ccccc1Br. The number of benzene rings is 1. The molecule has 106 valence electrons. The Balaban J connectivity index is 1.79. The molecule has 4 atom stereocenters. The van der Waals surface area contributed by atoms with Crippen molar-refractivity contribution in [1.82, 2.24) is 5.32 Å². The highest BCUT2D eigenvalue weighted by molar-refractivity contribution is 9.10. The molecule has 0 saturated heterocycles. The third-order valence-electron chi connectivity index (χ3n) is 4.62. The zero-order valence-electron chi connectivity index (χ0n) is 10.9. The molecule has 4 nitrogen and oxygen atoms in total. The number of fused-ring (bicyclic) bond motifs is 2. The molecule has 0 radical (unpaired) electrons. The molecule has 1 amide bonds. The number of hydrogen-bond donors (Lipinski definition) is 2. The Morgan fingerprint density at radius 3 is 2.60 bits per heavy atom. The maximum Gasteiger partial charge on any atom is 0.308 e. The van der Waals surface area contributed by atoms with Crippen LogP contribution in [-0.4, -0.2) is 23.0 Å². The summed E-state index contributed by atoms with van der Waals surface area (Å²) in [4.78, 5) is 23.8. The molecule has 0 aliphatic heterocycles. The van der Waals surface area contributed by atoms with Crippen LogP contribution in [0.5, 0.6) is 0 Å². The first-order chi connectivity index (χ1) is 9.58. The molecule has 5 heteroatoms. The van der Waals surface area contributed by atoms with Crippen LogP contribution in [0, 0.1) is 17.8 Å². The van der Waals surface area contributed by atoms with Gasteiger partial charge in [0.1, 0.15) is 0 Å². The van der Waals surface area contributed by atoms with Gasteiger partial charge in [0.05, 0.1) is 11.5 Å². The van der Waals surface area contributed by atoms with E-state index in [0.717, 1.165) is 23.7 Å². The summed E-state index contributed by atoms with van der Waals surface area (Å²) in [6, 6.07) is 6.96. The average Bonchev–Trinajstić information content (AvgIpc) is 2.99. The fourth-order valence-electron chi connectivity index (χ4n) is 3.73. The highest BCUT2D eigenvalue weighted by Crippen LogP contribution is 2.48. The molecule has 2 saturated carbocycles. The smallest absolute Gasteiger partial charge is 0.308 e. The molecule has 0 spiro atoms. The third-order valence-corrected chi connectivity index (χ3v) is 5.31. The maximum atomic E-state index is 12.3. The van der Waals surface area contributed by atoms with Gasteiger partial charge in [-0.15, -0.1) is 0 Å². The van der Waals surface area contributed by atoms with Gasteiger partial charge in [-0.05, 0) is 59.2 Å². The molecular formula is C15H16BrNO3. The van der Waals surface area contributed by atoms with Crippen molar-refractivity contribution in [1.29, 1.82) is 0 Å². The van der Waals surface area contributed by atoms with Crippen LogP contribution in [0.2, 0.25) is 0 Å². The molecule has 2 aliphatic rings. The van der Waals surface area contributed by atoms with E-state index in [9.17, 15) is 14.7 Å².